The van der Waals surface area contributed by atoms with Crippen LogP contribution >= 0.6 is 0 Å². The zero-order valence-electron chi connectivity index (χ0n) is 10.7. The van der Waals surface area contributed by atoms with Crippen LogP contribution in [-0.2, 0) is 18.9 Å². The van der Waals surface area contributed by atoms with Crippen LogP contribution in [0.2, 0.25) is 0 Å². The highest BCUT2D eigenvalue weighted by Gasteiger charge is 2.50. The van der Waals surface area contributed by atoms with Crippen molar-refractivity contribution in [3.8, 4) is 0 Å². The van der Waals surface area contributed by atoms with E-state index in [-0.39, 0.29) is 18.9 Å². The van der Waals surface area contributed by atoms with E-state index in [2.05, 4.69) is 10.6 Å². The average Bonchev–Trinajstić information content (AvgIpc) is 2.41. The molecule has 0 spiro atoms. The lowest BCUT2D eigenvalue weighted by Gasteiger charge is -2.32. The van der Waals surface area contributed by atoms with Crippen molar-refractivity contribution in [2.45, 2.75) is 38.9 Å². The highest BCUT2D eigenvalue weighted by molar-refractivity contribution is 6.46. The Kier molecular flexibility index (Phi) is 4.16. The Morgan fingerprint density at radius 1 is 1.24 bits per heavy atom. The maximum atomic E-state index is 11.2. The molecule has 7 heteroatoms. The average molecular weight is 242 g/mol. The van der Waals surface area contributed by atoms with Crippen molar-refractivity contribution < 1.29 is 18.9 Å². The summed E-state index contributed by atoms with van der Waals surface area (Å²) in [5, 5.41) is 4.91. The quantitative estimate of drug-likeness (QED) is 0.502. The van der Waals surface area contributed by atoms with Gasteiger partial charge in [-0.25, -0.2) is 0 Å². The fraction of sp³-hybridized carbons (Fsp3) is 0.800. The molecular weight excluding hydrogens is 223 g/mol. The van der Waals surface area contributed by atoms with Gasteiger partial charge in [-0.1, -0.05) is 0 Å². The van der Waals surface area contributed by atoms with E-state index in [0.29, 0.717) is 6.41 Å². The van der Waals surface area contributed by atoms with Crippen molar-refractivity contribution in [1.82, 2.24) is 10.6 Å². The maximum absolute atomic E-state index is 11.2. The number of rotatable bonds is 5. The summed E-state index contributed by atoms with van der Waals surface area (Å²) >= 11 is 0. The smallest absolute Gasteiger partial charge is 0.402 e. The number of amides is 2. The van der Waals surface area contributed by atoms with E-state index in [1.165, 1.54) is 0 Å². The summed E-state index contributed by atoms with van der Waals surface area (Å²) in [4.78, 5) is 21.2. The van der Waals surface area contributed by atoms with Crippen molar-refractivity contribution in [1.29, 1.82) is 0 Å². The Labute approximate surface area is 102 Å². The highest BCUT2D eigenvalue weighted by Crippen LogP contribution is 2.36. The molecule has 0 unspecified atom stereocenters. The molecule has 17 heavy (non-hydrogen) atoms. The van der Waals surface area contributed by atoms with Gasteiger partial charge < -0.3 is 19.9 Å². The third kappa shape index (κ3) is 3.44. The zero-order chi connectivity index (χ0) is 13.1. The first-order valence-electron chi connectivity index (χ1n) is 5.58. The third-order valence-electron chi connectivity index (χ3n) is 3.11. The van der Waals surface area contributed by atoms with Crippen molar-refractivity contribution in [3.63, 3.8) is 0 Å². The molecular formula is C10H19BN2O4. The van der Waals surface area contributed by atoms with Gasteiger partial charge in [-0.15, -0.1) is 0 Å². The highest BCUT2D eigenvalue weighted by atomic mass is 16.7. The lowest BCUT2D eigenvalue weighted by atomic mass is 9.90. The summed E-state index contributed by atoms with van der Waals surface area (Å²) in [6.45, 7) is 7.75. The van der Waals surface area contributed by atoms with Gasteiger partial charge in [-0.05, 0) is 27.7 Å². The van der Waals surface area contributed by atoms with Crippen LogP contribution in [0, 0.1) is 0 Å². The molecule has 1 aliphatic rings. The van der Waals surface area contributed by atoms with E-state index < -0.39 is 18.3 Å². The topological polar surface area (TPSA) is 76.7 Å². The maximum Gasteiger partial charge on any atom is 0.478 e. The summed E-state index contributed by atoms with van der Waals surface area (Å²) in [7, 11) is -0.458. The van der Waals surface area contributed by atoms with Crippen LogP contribution in [0.3, 0.4) is 0 Å². The Morgan fingerprint density at radius 2 is 1.76 bits per heavy atom. The van der Waals surface area contributed by atoms with Gasteiger partial charge in [0.1, 0.15) is 0 Å². The van der Waals surface area contributed by atoms with Crippen LogP contribution in [0.1, 0.15) is 27.7 Å². The van der Waals surface area contributed by atoms with Crippen molar-refractivity contribution in [2.75, 3.05) is 13.0 Å². The van der Waals surface area contributed by atoms with Crippen LogP contribution in [0.4, 0.5) is 0 Å². The Balaban J connectivity index is 2.36. The van der Waals surface area contributed by atoms with E-state index in [4.69, 9.17) is 9.31 Å². The Hall–Kier alpha value is -1.08. The second-order valence-corrected chi connectivity index (χ2v) is 4.99. The number of hydrogen-bond acceptors (Lipinski definition) is 4. The second-order valence-electron chi connectivity index (χ2n) is 4.99. The fourth-order valence-corrected chi connectivity index (χ4v) is 1.44. The molecule has 2 amide bonds. The predicted molar refractivity (Wildman–Crippen MR) is 63.2 cm³/mol. The molecule has 0 saturated carbocycles. The van der Waals surface area contributed by atoms with Gasteiger partial charge in [0.25, 0.3) is 0 Å². The molecule has 0 atom stereocenters. The van der Waals surface area contributed by atoms with E-state index in [1.54, 1.807) is 0 Å². The molecule has 1 rings (SSSR count). The van der Waals surface area contributed by atoms with E-state index in [1.807, 2.05) is 27.7 Å². The molecule has 6 nitrogen and oxygen atoms in total. The molecule has 1 heterocycles. The summed E-state index contributed by atoms with van der Waals surface area (Å²) in [6, 6.07) is 0. The SMILES string of the molecule is CC1(C)OB(CNC(=O)CNC=O)OC1(C)C. The van der Waals surface area contributed by atoms with Gasteiger partial charge in [0, 0.05) is 0 Å². The summed E-state index contributed by atoms with van der Waals surface area (Å²) in [6.07, 6.45) is 0.751. The molecule has 0 aromatic rings. The molecule has 0 radical (unpaired) electrons. The molecule has 0 aliphatic carbocycles. The van der Waals surface area contributed by atoms with Crippen LogP contribution in [0.5, 0.6) is 0 Å². The van der Waals surface area contributed by atoms with Crippen molar-refractivity contribution in [3.05, 3.63) is 0 Å². The molecule has 2 N–H and O–H groups in total. The van der Waals surface area contributed by atoms with Crippen LogP contribution in [0.15, 0.2) is 0 Å². The standard InChI is InChI=1S/C10H19BN2O4/c1-9(2)10(3,4)17-11(16-9)6-13-8(15)5-12-7-14/h7H,5-6H2,1-4H3,(H,12,14)(H,13,15). The number of carbonyl (C=O) groups excluding carboxylic acids is 2. The summed E-state index contributed by atoms with van der Waals surface area (Å²) in [5.74, 6) is -0.271. The van der Waals surface area contributed by atoms with Gasteiger partial charge >= 0.3 is 7.12 Å². The molecule has 1 saturated heterocycles. The molecule has 1 fully saturated rings. The third-order valence-corrected chi connectivity index (χ3v) is 3.11. The van der Waals surface area contributed by atoms with Gasteiger partial charge in [-0.2, -0.15) is 0 Å². The molecule has 0 aromatic carbocycles. The molecule has 1 aliphatic heterocycles. The minimum atomic E-state index is -0.458. The molecule has 0 bridgehead atoms. The Morgan fingerprint density at radius 3 is 2.24 bits per heavy atom. The largest absolute Gasteiger partial charge is 0.478 e. The minimum Gasteiger partial charge on any atom is -0.402 e. The monoisotopic (exact) mass is 242 g/mol. The first-order chi connectivity index (χ1) is 7.78. The van der Waals surface area contributed by atoms with Gasteiger partial charge in [0.15, 0.2) is 0 Å². The summed E-state index contributed by atoms with van der Waals surface area (Å²) < 4.78 is 11.4. The predicted octanol–water partition coefficient (Wildman–Crippen LogP) is -0.520. The Bertz CT molecular complexity index is 291. The van der Waals surface area contributed by atoms with Gasteiger partial charge in [0.2, 0.25) is 12.3 Å². The number of hydrogen-bond donors (Lipinski definition) is 2. The first-order valence-corrected chi connectivity index (χ1v) is 5.58. The lowest BCUT2D eigenvalue weighted by molar-refractivity contribution is -0.121. The summed E-state index contributed by atoms with van der Waals surface area (Å²) in [5.41, 5.74) is -0.799. The van der Waals surface area contributed by atoms with Crippen molar-refractivity contribution >= 4 is 19.4 Å². The van der Waals surface area contributed by atoms with E-state index >= 15 is 0 Å². The van der Waals surface area contributed by atoms with Crippen LogP contribution < -0.4 is 10.6 Å². The zero-order valence-corrected chi connectivity index (χ0v) is 10.7. The van der Waals surface area contributed by atoms with Crippen LogP contribution in [0.25, 0.3) is 0 Å². The number of nitrogens with one attached hydrogen (secondary N) is 2. The van der Waals surface area contributed by atoms with Crippen LogP contribution in [-0.4, -0.2) is 43.6 Å². The molecule has 0 aromatic heterocycles. The number of carbonyl (C=O) groups is 2. The van der Waals surface area contributed by atoms with Crippen molar-refractivity contribution in [2.24, 2.45) is 0 Å². The van der Waals surface area contributed by atoms with Gasteiger partial charge in [0.05, 0.1) is 24.2 Å². The van der Waals surface area contributed by atoms with E-state index in [9.17, 15) is 9.59 Å². The second kappa shape index (κ2) is 5.06. The minimum absolute atomic E-state index is 0.0387. The molecule has 96 valence electrons. The first kappa shape index (κ1) is 14.0. The van der Waals surface area contributed by atoms with Gasteiger partial charge in [-0.3, -0.25) is 9.59 Å². The fourth-order valence-electron chi connectivity index (χ4n) is 1.44. The lowest BCUT2D eigenvalue weighted by Crippen LogP contribution is -2.41. The van der Waals surface area contributed by atoms with E-state index in [0.717, 1.165) is 0 Å². The normalized spacial score (nSPS) is 21.1.